The molecule has 0 N–H and O–H groups in total. The number of hydrogen-bond acceptors (Lipinski definition) is 0. The molecule has 0 unspecified atom stereocenters. The van der Waals surface area contributed by atoms with Crippen LogP contribution in [-0.2, 0) is 19.9 Å². The van der Waals surface area contributed by atoms with Crippen LogP contribution in [-0.4, -0.2) is 4.57 Å². The predicted octanol–water partition coefficient (Wildman–Crippen LogP) is 3.81. The Labute approximate surface area is 99.9 Å². The van der Waals surface area contributed by atoms with Crippen LogP contribution in [0.15, 0.2) is 12.3 Å². The highest BCUT2D eigenvalue weighted by molar-refractivity contribution is 5.27. The van der Waals surface area contributed by atoms with Crippen molar-refractivity contribution in [3.05, 3.63) is 23.5 Å². The average Bonchev–Trinajstić information content (AvgIpc) is 2.59. The fraction of sp³-hybridized carbons (Fsp3) is 0.733. The van der Waals surface area contributed by atoms with Crippen molar-refractivity contribution >= 4 is 0 Å². The summed E-state index contributed by atoms with van der Waals surface area (Å²) in [6, 6.07) is 2.31. The molecule has 90 valence electrons. The molecule has 2 rings (SSSR count). The van der Waals surface area contributed by atoms with Crippen LogP contribution in [0.25, 0.3) is 0 Å². The molecule has 0 saturated heterocycles. The summed E-state index contributed by atoms with van der Waals surface area (Å²) in [6.45, 7) is 9.59. The van der Waals surface area contributed by atoms with Gasteiger partial charge in [-0.05, 0) is 48.1 Å². The van der Waals surface area contributed by atoms with Crippen molar-refractivity contribution in [2.75, 3.05) is 0 Å². The summed E-state index contributed by atoms with van der Waals surface area (Å²) in [5.74, 6) is 1.55. The van der Waals surface area contributed by atoms with Crippen molar-refractivity contribution in [1.82, 2.24) is 4.57 Å². The van der Waals surface area contributed by atoms with Crippen molar-refractivity contribution in [3.63, 3.8) is 0 Å². The second kappa shape index (κ2) is 3.94. The van der Waals surface area contributed by atoms with Gasteiger partial charge in [0.1, 0.15) is 0 Å². The van der Waals surface area contributed by atoms with E-state index in [0.29, 0.717) is 5.41 Å². The fourth-order valence-corrected chi connectivity index (χ4v) is 3.50. The maximum absolute atomic E-state index is 2.40. The standard InChI is InChI=1S/C15H25N/c1-11(2)15(12(3)4)8-6-13-7-9-16(5)14(13)10-15/h7,9,11-12H,6,8,10H2,1-5H3. The van der Waals surface area contributed by atoms with Crippen LogP contribution in [0.5, 0.6) is 0 Å². The maximum atomic E-state index is 2.40. The van der Waals surface area contributed by atoms with Crippen LogP contribution in [0.3, 0.4) is 0 Å². The lowest BCUT2D eigenvalue weighted by Crippen LogP contribution is -2.39. The highest BCUT2D eigenvalue weighted by Crippen LogP contribution is 2.46. The van der Waals surface area contributed by atoms with E-state index in [2.05, 4.69) is 51.6 Å². The molecule has 1 heterocycles. The number of fused-ring (bicyclic) bond motifs is 1. The zero-order valence-corrected chi connectivity index (χ0v) is 11.4. The summed E-state index contributed by atoms with van der Waals surface area (Å²) in [6.07, 6.45) is 6.12. The number of aromatic nitrogens is 1. The van der Waals surface area contributed by atoms with E-state index in [0.717, 1.165) is 11.8 Å². The second-order valence-corrected chi connectivity index (χ2v) is 6.12. The highest BCUT2D eigenvalue weighted by atomic mass is 14.9. The summed E-state index contributed by atoms with van der Waals surface area (Å²) in [5, 5.41) is 0. The Balaban J connectivity index is 2.38. The Morgan fingerprint density at radius 2 is 1.81 bits per heavy atom. The third-order valence-corrected chi connectivity index (χ3v) is 4.95. The summed E-state index contributed by atoms with van der Waals surface area (Å²) in [5.41, 5.74) is 3.67. The first kappa shape index (κ1) is 11.8. The first-order valence-corrected chi connectivity index (χ1v) is 6.60. The van der Waals surface area contributed by atoms with Gasteiger partial charge in [-0.3, -0.25) is 0 Å². The number of nitrogens with zero attached hydrogens (tertiary/aromatic N) is 1. The fourth-order valence-electron chi connectivity index (χ4n) is 3.50. The van der Waals surface area contributed by atoms with Crippen LogP contribution in [0.1, 0.15) is 45.4 Å². The molecule has 0 bridgehead atoms. The topological polar surface area (TPSA) is 4.93 Å². The van der Waals surface area contributed by atoms with Crippen molar-refractivity contribution in [1.29, 1.82) is 0 Å². The summed E-state index contributed by atoms with van der Waals surface area (Å²) < 4.78 is 2.33. The van der Waals surface area contributed by atoms with E-state index < -0.39 is 0 Å². The van der Waals surface area contributed by atoms with Crippen LogP contribution in [0.2, 0.25) is 0 Å². The predicted molar refractivity (Wildman–Crippen MR) is 69.5 cm³/mol. The van der Waals surface area contributed by atoms with E-state index in [9.17, 15) is 0 Å². The number of hydrogen-bond donors (Lipinski definition) is 0. The zero-order valence-electron chi connectivity index (χ0n) is 11.4. The highest BCUT2D eigenvalue weighted by Gasteiger charge is 2.40. The lowest BCUT2D eigenvalue weighted by Gasteiger charge is -2.44. The van der Waals surface area contributed by atoms with Gasteiger partial charge in [0, 0.05) is 18.9 Å². The van der Waals surface area contributed by atoms with Gasteiger partial charge < -0.3 is 4.57 Å². The molecule has 0 aromatic carbocycles. The molecule has 1 aromatic rings. The summed E-state index contributed by atoms with van der Waals surface area (Å²) >= 11 is 0. The Bertz CT molecular complexity index is 363. The molecular weight excluding hydrogens is 194 g/mol. The van der Waals surface area contributed by atoms with Gasteiger partial charge in [0.25, 0.3) is 0 Å². The minimum absolute atomic E-state index is 0.513. The van der Waals surface area contributed by atoms with E-state index >= 15 is 0 Å². The van der Waals surface area contributed by atoms with E-state index in [1.54, 1.807) is 11.3 Å². The molecule has 0 spiro atoms. The minimum atomic E-state index is 0.513. The summed E-state index contributed by atoms with van der Waals surface area (Å²) in [7, 11) is 2.19. The van der Waals surface area contributed by atoms with Crippen molar-refractivity contribution in [3.8, 4) is 0 Å². The summed E-state index contributed by atoms with van der Waals surface area (Å²) in [4.78, 5) is 0. The van der Waals surface area contributed by atoms with Crippen LogP contribution in [0.4, 0.5) is 0 Å². The lowest BCUT2D eigenvalue weighted by molar-refractivity contribution is 0.0877. The van der Waals surface area contributed by atoms with Crippen LogP contribution in [0, 0.1) is 17.3 Å². The molecule has 0 saturated carbocycles. The van der Waals surface area contributed by atoms with E-state index in [1.165, 1.54) is 19.3 Å². The Kier molecular flexibility index (Phi) is 2.90. The monoisotopic (exact) mass is 219 g/mol. The molecule has 0 atom stereocenters. The molecule has 16 heavy (non-hydrogen) atoms. The largest absolute Gasteiger partial charge is 0.354 e. The third kappa shape index (κ3) is 1.61. The Hall–Kier alpha value is -0.720. The quantitative estimate of drug-likeness (QED) is 0.713. The van der Waals surface area contributed by atoms with Gasteiger partial charge in [-0.1, -0.05) is 27.7 Å². The molecule has 1 heteroatoms. The van der Waals surface area contributed by atoms with E-state index in [1.807, 2.05) is 0 Å². The van der Waals surface area contributed by atoms with Crippen LogP contribution >= 0.6 is 0 Å². The van der Waals surface area contributed by atoms with Gasteiger partial charge in [0.05, 0.1) is 0 Å². The Morgan fingerprint density at radius 1 is 1.19 bits per heavy atom. The molecule has 1 aromatic heterocycles. The first-order valence-electron chi connectivity index (χ1n) is 6.60. The van der Waals surface area contributed by atoms with Gasteiger partial charge >= 0.3 is 0 Å². The smallest absolute Gasteiger partial charge is 0.0209 e. The number of aryl methyl sites for hydroxylation is 2. The van der Waals surface area contributed by atoms with Gasteiger partial charge in [0.2, 0.25) is 0 Å². The Morgan fingerprint density at radius 3 is 2.38 bits per heavy atom. The second-order valence-electron chi connectivity index (χ2n) is 6.12. The zero-order chi connectivity index (χ0) is 11.9. The van der Waals surface area contributed by atoms with Gasteiger partial charge in [-0.2, -0.15) is 0 Å². The van der Waals surface area contributed by atoms with E-state index in [-0.39, 0.29) is 0 Å². The average molecular weight is 219 g/mol. The van der Waals surface area contributed by atoms with E-state index in [4.69, 9.17) is 0 Å². The van der Waals surface area contributed by atoms with Gasteiger partial charge in [0.15, 0.2) is 0 Å². The third-order valence-electron chi connectivity index (χ3n) is 4.95. The van der Waals surface area contributed by atoms with Gasteiger partial charge in [-0.15, -0.1) is 0 Å². The minimum Gasteiger partial charge on any atom is -0.354 e. The molecule has 1 aliphatic rings. The van der Waals surface area contributed by atoms with Crippen molar-refractivity contribution in [2.45, 2.75) is 47.0 Å². The normalized spacial score (nSPS) is 19.2. The SMILES string of the molecule is CC(C)C1(C(C)C)CCc2ccn(C)c2C1. The molecule has 0 fully saturated rings. The molecule has 0 radical (unpaired) electrons. The molecule has 0 aliphatic heterocycles. The van der Waals surface area contributed by atoms with Crippen LogP contribution < -0.4 is 0 Å². The lowest BCUT2D eigenvalue weighted by atomic mass is 9.61. The van der Waals surface area contributed by atoms with Crippen molar-refractivity contribution < 1.29 is 0 Å². The first-order chi connectivity index (χ1) is 7.47. The maximum Gasteiger partial charge on any atom is 0.0209 e. The molecule has 1 aliphatic carbocycles. The molecule has 1 nitrogen and oxygen atoms in total. The number of rotatable bonds is 2. The molecular formula is C15H25N. The van der Waals surface area contributed by atoms with Crippen molar-refractivity contribution in [2.24, 2.45) is 24.3 Å². The van der Waals surface area contributed by atoms with Gasteiger partial charge in [-0.25, -0.2) is 0 Å². The molecule has 0 amide bonds.